The third-order valence-corrected chi connectivity index (χ3v) is 4.45. The molecule has 1 saturated carbocycles. The van der Waals surface area contributed by atoms with E-state index in [0.29, 0.717) is 24.5 Å². The average molecular weight is 237 g/mol. The van der Waals surface area contributed by atoms with Gasteiger partial charge in [-0.3, -0.25) is 9.69 Å². The van der Waals surface area contributed by atoms with Crippen LogP contribution in [-0.4, -0.2) is 60.5 Å². The smallest absolute Gasteiger partial charge is 0.236 e. The van der Waals surface area contributed by atoms with Crippen molar-refractivity contribution in [3.8, 4) is 0 Å². The second-order valence-corrected chi connectivity index (χ2v) is 5.71. The lowest BCUT2D eigenvalue weighted by Crippen LogP contribution is -2.41. The third-order valence-electron chi connectivity index (χ3n) is 4.45. The number of fused-ring (bicyclic) bond motifs is 1. The average Bonchev–Trinajstić information content (AvgIpc) is 2.89. The number of likely N-dealkylation sites (tertiary alicyclic amines) is 1. The van der Waals surface area contributed by atoms with Crippen molar-refractivity contribution in [2.45, 2.75) is 38.3 Å². The van der Waals surface area contributed by atoms with E-state index in [2.05, 4.69) is 22.0 Å². The highest BCUT2D eigenvalue weighted by Crippen LogP contribution is 2.28. The first kappa shape index (κ1) is 11.5. The zero-order chi connectivity index (χ0) is 11.8. The molecule has 3 aliphatic rings. The maximum absolute atomic E-state index is 12.2. The Morgan fingerprint density at radius 2 is 2.18 bits per heavy atom. The molecule has 4 nitrogen and oxygen atoms in total. The minimum atomic E-state index is 0.343. The number of carbonyl (C=O) groups excluding carboxylic acids is 1. The minimum Gasteiger partial charge on any atom is -0.339 e. The predicted octanol–water partition coefficient (Wildman–Crippen LogP) is 0.291. The predicted molar refractivity (Wildman–Crippen MR) is 66.7 cm³/mol. The Hall–Kier alpha value is -0.610. The molecule has 96 valence electrons. The van der Waals surface area contributed by atoms with Crippen LogP contribution in [0.5, 0.6) is 0 Å². The van der Waals surface area contributed by atoms with Gasteiger partial charge >= 0.3 is 0 Å². The van der Waals surface area contributed by atoms with E-state index >= 15 is 0 Å². The number of hydrogen-bond acceptors (Lipinski definition) is 3. The molecule has 4 heteroatoms. The molecule has 2 heterocycles. The standard InChI is InChI=1S/C13H23N3O/c1-2-16(11-3-4-11)13(17)9-15-7-10-5-6-14-12(10)8-15/h10-12,14H,2-9H2,1H3/t10-,12+/m0/s1. The molecule has 0 aromatic heterocycles. The Labute approximate surface area is 103 Å². The summed E-state index contributed by atoms with van der Waals surface area (Å²) in [4.78, 5) is 16.6. The molecule has 2 aliphatic heterocycles. The summed E-state index contributed by atoms with van der Waals surface area (Å²) in [5.41, 5.74) is 0. The van der Waals surface area contributed by atoms with Crippen LogP contribution in [0.4, 0.5) is 0 Å². The molecule has 3 rings (SSSR count). The molecule has 2 saturated heterocycles. The molecule has 0 spiro atoms. The SMILES string of the molecule is CCN(C(=O)CN1C[C@@H]2CCN[C@@H]2C1)C1CC1. The van der Waals surface area contributed by atoms with Crippen molar-refractivity contribution in [3.63, 3.8) is 0 Å². The number of nitrogens with one attached hydrogen (secondary N) is 1. The highest BCUT2D eigenvalue weighted by Gasteiger charge is 2.38. The Balaban J connectivity index is 1.51. The van der Waals surface area contributed by atoms with Crippen LogP contribution in [0.2, 0.25) is 0 Å². The molecule has 0 aromatic rings. The van der Waals surface area contributed by atoms with Gasteiger partial charge in [0, 0.05) is 31.7 Å². The monoisotopic (exact) mass is 237 g/mol. The van der Waals surface area contributed by atoms with Crippen LogP contribution in [0.15, 0.2) is 0 Å². The van der Waals surface area contributed by atoms with Gasteiger partial charge in [0.05, 0.1) is 6.54 Å². The van der Waals surface area contributed by atoms with Crippen LogP contribution in [0.25, 0.3) is 0 Å². The van der Waals surface area contributed by atoms with Gasteiger partial charge in [-0.05, 0) is 38.6 Å². The summed E-state index contributed by atoms with van der Waals surface area (Å²) in [7, 11) is 0. The maximum atomic E-state index is 12.2. The largest absolute Gasteiger partial charge is 0.339 e. The number of rotatable bonds is 4. The Kier molecular flexibility index (Phi) is 3.09. The van der Waals surface area contributed by atoms with Gasteiger partial charge in [0.2, 0.25) is 5.91 Å². The summed E-state index contributed by atoms with van der Waals surface area (Å²) >= 11 is 0. The van der Waals surface area contributed by atoms with E-state index in [-0.39, 0.29) is 0 Å². The summed E-state index contributed by atoms with van der Waals surface area (Å²) in [6.07, 6.45) is 3.72. The lowest BCUT2D eigenvalue weighted by atomic mass is 10.1. The molecule has 1 amide bonds. The molecule has 2 atom stereocenters. The van der Waals surface area contributed by atoms with Crippen molar-refractivity contribution < 1.29 is 4.79 Å². The number of carbonyl (C=O) groups is 1. The van der Waals surface area contributed by atoms with Crippen LogP contribution in [0.1, 0.15) is 26.2 Å². The Morgan fingerprint density at radius 1 is 1.35 bits per heavy atom. The molecule has 17 heavy (non-hydrogen) atoms. The van der Waals surface area contributed by atoms with Crippen LogP contribution in [0, 0.1) is 5.92 Å². The van der Waals surface area contributed by atoms with Crippen molar-refractivity contribution in [2.75, 3.05) is 32.7 Å². The molecule has 0 radical (unpaired) electrons. The van der Waals surface area contributed by atoms with E-state index in [1.54, 1.807) is 0 Å². The van der Waals surface area contributed by atoms with Gasteiger partial charge in [0.15, 0.2) is 0 Å². The highest BCUT2D eigenvalue weighted by atomic mass is 16.2. The third kappa shape index (κ3) is 2.33. The quantitative estimate of drug-likeness (QED) is 0.763. The number of likely N-dealkylation sites (N-methyl/N-ethyl adjacent to an activating group) is 1. The lowest BCUT2D eigenvalue weighted by Gasteiger charge is -2.24. The fraction of sp³-hybridized carbons (Fsp3) is 0.923. The second kappa shape index (κ2) is 4.58. The highest BCUT2D eigenvalue weighted by molar-refractivity contribution is 5.79. The summed E-state index contributed by atoms with van der Waals surface area (Å²) < 4.78 is 0. The molecule has 0 aromatic carbocycles. The van der Waals surface area contributed by atoms with Crippen LogP contribution in [-0.2, 0) is 4.79 Å². The lowest BCUT2D eigenvalue weighted by molar-refractivity contribution is -0.132. The second-order valence-electron chi connectivity index (χ2n) is 5.71. The van der Waals surface area contributed by atoms with E-state index < -0.39 is 0 Å². The fourth-order valence-electron chi connectivity index (χ4n) is 3.37. The molecule has 1 N–H and O–H groups in total. The van der Waals surface area contributed by atoms with Crippen LogP contribution in [0.3, 0.4) is 0 Å². The zero-order valence-corrected chi connectivity index (χ0v) is 10.7. The van der Waals surface area contributed by atoms with Crippen molar-refractivity contribution in [2.24, 2.45) is 5.92 Å². The molecule has 1 aliphatic carbocycles. The minimum absolute atomic E-state index is 0.343. The summed E-state index contributed by atoms with van der Waals surface area (Å²) in [6.45, 7) is 6.96. The summed E-state index contributed by atoms with van der Waals surface area (Å²) in [5, 5.41) is 3.53. The maximum Gasteiger partial charge on any atom is 0.236 e. The van der Waals surface area contributed by atoms with E-state index in [1.807, 2.05) is 0 Å². The van der Waals surface area contributed by atoms with Gasteiger partial charge in [-0.15, -0.1) is 0 Å². The first-order valence-electron chi connectivity index (χ1n) is 7.03. The van der Waals surface area contributed by atoms with Gasteiger partial charge in [0.1, 0.15) is 0 Å². The van der Waals surface area contributed by atoms with Crippen LogP contribution >= 0.6 is 0 Å². The fourth-order valence-corrected chi connectivity index (χ4v) is 3.37. The van der Waals surface area contributed by atoms with Gasteiger partial charge in [0.25, 0.3) is 0 Å². The number of amides is 1. The number of hydrogen-bond donors (Lipinski definition) is 1. The first-order chi connectivity index (χ1) is 8.28. The van der Waals surface area contributed by atoms with Gasteiger partial charge in [-0.25, -0.2) is 0 Å². The van der Waals surface area contributed by atoms with E-state index in [0.717, 1.165) is 25.6 Å². The Bertz CT molecular complexity index is 291. The van der Waals surface area contributed by atoms with Crippen LogP contribution < -0.4 is 5.32 Å². The van der Waals surface area contributed by atoms with E-state index in [9.17, 15) is 4.79 Å². The van der Waals surface area contributed by atoms with E-state index in [4.69, 9.17) is 0 Å². The molecule has 0 bridgehead atoms. The van der Waals surface area contributed by atoms with Crippen molar-refractivity contribution >= 4 is 5.91 Å². The normalized spacial score (nSPS) is 32.8. The zero-order valence-electron chi connectivity index (χ0n) is 10.7. The summed E-state index contributed by atoms with van der Waals surface area (Å²) in [5.74, 6) is 1.13. The molecule has 0 unspecified atom stereocenters. The first-order valence-corrected chi connectivity index (χ1v) is 7.03. The summed E-state index contributed by atoms with van der Waals surface area (Å²) in [6, 6.07) is 1.21. The van der Waals surface area contributed by atoms with Crippen molar-refractivity contribution in [1.82, 2.24) is 15.1 Å². The Morgan fingerprint density at radius 3 is 2.82 bits per heavy atom. The molecular formula is C13H23N3O. The topological polar surface area (TPSA) is 35.6 Å². The van der Waals surface area contributed by atoms with Gasteiger partial charge in [-0.2, -0.15) is 0 Å². The molecule has 3 fully saturated rings. The van der Waals surface area contributed by atoms with Gasteiger partial charge < -0.3 is 10.2 Å². The van der Waals surface area contributed by atoms with E-state index in [1.165, 1.54) is 25.8 Å². The number of nitrogens with zero attached hydrogens (tertiary/aromatic N) is 2. The van der Waals surface area contributed by atoms with Crippen molar-refractivity contribution in [3.05, 3.63) is 0 Å². The van der Waals surface area contributed by atoms with Crippen molar-refractivity contribution in [1.29, 1.82) is 0 Å². The molecular weight excluding hydrogens is 214 g/mol. The van der Waals surface area contributed by atoms with Gasteiger partial charge in [-0.1, -0.05) is 0 Å².